The zero-order valence-electron chi connectivity index (χ0n) is 10.7. The van der Waals surface area contributed by atoms with E-state index in [-0.39, 0.29) is 5.82 Å². The Kier molecular flexibility index (Phi) is 5.07. The van der Waals surface area contributed by atoms with Gasteiger partial charge in [0.05, 0.1) is 3.57 Å². The minimum Gasteiger partial charge on any atom is -0.369 e. The first-order valence-corrected chi connectivity index (χ1v) is 7.26. The Morgan fingerprint density at radius 1 is 1.26 bits per heavy atom. The molecule has 0 spiro atoms. The molecule has 1 aromatic heterocycles. The molecule has 1 N–H and O–H groups in total. The average Bonchev–Trinajstić information content (AvgIpc) is 2.42. The Labute approximate surface area is 125 Å². The average molecular weight is 371 g/mol. The molecule has 0 unspecified atom stereocenters. The van der Waals surface area contributed by atoms with Gasteiger partial charge in [-0.1, -0.05) is 19.1 Å². The third kappa shape index (κ3) is 4.12. The van der Waals surface area contributed by atoms with Gasteiger partial charge in [-0.15, -0.1) is 0 Å². The highest BCUT2D eigenvalue weighted by atomic mass is 127. The summed E-state index contributed by atoms with van der Waals surface area (Å²) >= 11 is 2.22. The molecule has 0 fully saturated rings. The van der Waals surface area contributed by atoms with Gasteiger partial charge >= 0.3 is 0 Å². The lowest BCUT2D eigenvalue weighted by molar-refractivity contribution is 0.627. The van der Waals surface area contributed by atoms with Crippen molar-refractivity contribution in [1.29, 1.82) is 0 Å². The van der Waals surface area contributed by atoms with Crippen molar-refractivity contribution in [2.24, 2.45) is 0 Å². The summed E-state index contributed by atoms with van der Waals surface area (Å²) in [6.45, 7) is 3.00. The van der Waals surface area contributed by atoms with Gasteiger partial charge in [0, 0.05) is 19.2 Å². The first kappa shape index (κ1) is 14.2. The van der Waals surface area contributed by atoms with E-state index >= 15 is 0 Å². The van der Waals surface area contributed by atoms with Gasteiger partial charge in [0.2, 0.25) is 0 Å². The second kappa shape index (κ2) is 6.79. The monoisotopic (exact) mass is 371 g/mol. The molecule has 0 bridgehead atoms. The van der Waals surface area contributed by atoms with Crippen molar-refractivity contribution < 1.29 is 4.39 Å². The smallest absolute Gasteiger partial charge is 0.143 e. The third-order valence-corrected chi connectivity index (χ3v) is 3.40. The van der Waals surface area contributed by atoms with Crippen LogP contribution >= 0.6 is 22.6 Å². The number of hydrogen-bond donors (Lipinski definition) is 1. The highest BCUT2D eigenvalue weighted by Gasteiger charge is 2.05. The van der Waals surface area contributed by atoms with E-state index in [2.05, 4.69) is 44.8 Å². The van der Waals surface area contributed by atoms with E-state index < -0.39 is 0 Å². The van der Waals surface area contributed by atoms with E-state index in [4.69, 9.17) is 0 Å². The van der Waals surface area contributed by atoms with E-state index in [1.165, 1.54) is 12.1 Å². The molecule has 1 heterocycles. The molecule has 1 aromatic carbocycles. The number of rotatable bonds is 5. The molecule has 19 heavy (non-hydrogen) atoms. The number of anilines is 1. The van der Waals surface area contributed by atoms with Crippen molar-refractivity contribution in [3.63, 3.8) is 0 Å². The molecule has 0 atom stereocenters. The van der Waals surface area contributed by atoms with Crippen LogP contribution in [0.4, 0.5) is 10.2 Å². The van der Waals surface area contributed by atoms with Crippen molar-refractivity contribution in [3.8, 4) is 0 Å². The normalized spacial score (nSPS) is 10.5. The first-order chi connectivity index (χ1) is 9.19. The topological polar surface area (TPSA) is 37.8 Å². The zero-order valence-corrected chi connectivity index (χ0v) is 12.8. The van der Waals surface area contributed by atoms with Gasteiger partial charge in [-0.3, -0.25) is 0 Å². The van der Waals surface area contributed by atoms with Crippen LogP contribution < -0.4 is 5.32 Å². The molecular formula is C14H15FIN3. The molecule has 0 aliphatic carbocycles. The quantitative estimate of drug-likeness (QED) is 0.816. The number of nitrogens with one attached hydrogen (secondary N) is 1. The predicted octanol–water partition coefficient (Wildman–Crippen LogP) is 3.63. The van der Waals surface area contributed by atoms with Crippen molar-refractivity contribution in [2.45, 2.75) is 19.8 Å². The van der Waals surface area contributed by atoms with Crippen LogP contribution in [0.5, 0.6) is 0 Å². The minimum atomic E-state index is -0.224. The third-order valence-electron chi connectivity index (χ3n) is 2.61. The fourth-order valence-corrected chi connectivity index (χ4v) is 2.09. The SMILES string of the molecule is CCCNc1nc(Cc2ccc(F)cc2)ncc1I. The lowest BCUT2D eigenvalue weighted by Gasteiger charge is -2.08. The summed E-state index contributed by atoms with van der Waals surface area (Å²) in [6.07, 6.45) is 3.47. The van der Waals surface area contributed by atoms with E-state index in [1.54, 1.807) is 12.1 Å². The highest BCUT2D eigenvalue weighted by molar-refractivity contribution is 14.1. The Bertz CT molecular complexity index is 543. The highest BCUT2D eigenvalue weighted by Crippen LogP contribution is 2.16. The second-order valence-corrected chi connectivity index (χ2v) is 5.37. The molecule has 0 amide bonds. The van der Waals surface area contributed by atoms with Crippen LogP contribution in [-0.4, -0.2) is 16.5 Å². The van der Waals surface area contributed by atoms with Crippen LogP contribution in [0.1, 0.15) is 24.7 Å². The maximum Gasteiger partial charge on any atom is 0.143 e. The lowest BCUT2D eigenvalue weighted by atomic mass is 10.1. The summed E-state index contributed by atoms with van der Waals surface area (Å²) in [7, 11) is 0. The van der Waals surface area contributed by atoms with Crippen molar-refractivity contribution >= 4 is 28.4 Å². The molecule has 0 saturated heterocycles. The van der Waals surface area contributed by atoms with E-state index in [0.717, 1.165) is 33.7 Å². The number of aromatic nitrogens is 2. The van der Waals surface area contributed by atoms with E-state index in [0.29, 0.717) is 6.42 Å². The van der Waals surface area contributed by atoms with Crippen molar-refractivity contribution in [1.82, 2.24) is 9.97 Å². The fraction of sp³-hybridized carbons (Fsp3) is 0.286. The van der Waals surface area contributed by atoms with Crippen LogP contribution in [-0.2, 0) is 6.42 Å². The number of nitrogens with zero attached hydrogens (tertiary/aromatic N) is 2. The summed E-state index contributed by atoms with van der Waals surface area (Å²) in [5.41, 5.74) is 1.00. The molecule has 0 saturated carbocycles. The van der Waals surface area contributed by atoms with E-state index in [9.17, 15) is 4.39 Å². The Balaban J connectivity index is 2.14. The minimum absolute atomic E-state index is 0.224. The van der Waals surface area contributed by atoms with Crippen LogP contribution in [0.3, 0.4) is 0 Å². The summed E-state index contributed by atoms with van der Waals surface area (Å²) in [6, 6.07) is 6.43. The standard InChI is InChI=1S/C14H15FIN3/c1-2-7-17-14-12(16)9-18-13(19-14)8-10-3-5-11(15)6-4-10/h3-6,9H,2,7-8H2,1H3,(H,17,18,19). The first-order valence-electron chi connectivity index (χ1n) is 6.18. The summed E-state index contributed by atoms with van der Waals surface area (Å²) in [5.74, 6) is 1.39. The van der Waals surface area contributed by atoms with Gasteiger partial charge in [-0.25, -0.2) is 14.4 Å². The zero-order chi connectivity index (χ0) is 13.7. The Hall–Kier alpha value is -1.24. The van der Waals surface area contributed by atoms with Crippen molar-refractivity contribution in [3.05, 3.63) is 51.2 Å². The maximum atomic E-state index is 12.8. The number of halogens is 2. The molecule has 0 radical (unpaired) electrons. The van der Waals surface area contributed by atoms with Gasteiger partial charge < -0.3 is 5.32 Å². The maximum absolute atomic E-state index is 12.8. The van der Waals surface area contributed by atoms with Gasteiger partial charge in [-0.05, 0) is 46.7 Å². The van der Waals surface area contributed by atoms with Crippen LogP contribution in [0.15, 0.2) is 30.5 Å². The fourth-order valence-electron chi connectivity index (χ4n) is 1.64. The molecule has 0 aliphatic rings. The van der Waals surface area contributed by atoms with Gasteiger partial charge in [0.1, 0.15) is 17.5 Å². The second-order valence-electron chi connectivity index (χ2n) is 4.21. The van der Waals surface area contributed by atoms with Gasteiger partial charge in [0.25, 0.3) is 0 Å². The van der Waals surface area contributed by atoms with Gasteiger partial charge in [0.15, 0.2) is 0 Å². The molecule has 0 aliphatic heterocycles. The molecular weight excluding hydrogens is 356 g/mol. The number of benzene rings is 1. The molecule has 3 nitrogen and oxygen atoms in total. The Morgan fingerprint density at radius 2 is 2.00 bits per heavy atom. The van der Waals surface area contributed by atoms with E-state index in [1.807, 2.05) is 6.20 Å². The number of hydrogen-bond acceptors (Lipinski definition) is 3. The summed E-state index contributed by atoms with van der Waals surface area (Å²) in [5, 5.41) is 3.28. The molecule has 100 valence electrons. The van der Waals surface area contributed by atoms with Gasteiger partial charge in [-0.2, -0.15) is 0 Å². The molecule has 5 heteroatoms. The van der Waals surface area contributed by atoms with Crippen LogP contribution in [0.2, 0.25) is 0 Å². The van der Waals surface area contributed by atoms with Crippen molar-refractivity contribution in [2.75, 3.05) is 11.9 Å². The predicted molar refractivity (Wildman–Crippen MR) is 82.7 cm³/mol. The lowest BCUT2D eigenvalue weighted by Crippen LogP contribution is -2.07. The summed E-state index contributed by atoms with van der Waals surface area (Å²) < 4.78 is 13.8. The molecule has 2 rings (SSSR count). The van der Waals surface area contributed by atoms with Crippen LogP contribution in [0.25, 0.3) is 0 Å². The van der Waals surface area contributed by atoms with Crippen LogP contribution in [0, 0.1) is 9.39 Å². The largest absolute Gasteiger partial charge is 0.369 e. The molecule has 2 aromatic rings. The summed E-state index contributed by atoms with van der Waals surface area (Å²) in [4.78, 5) is 8.82. The Morgan fingerprint density at radius 3 is 2.68 bits per heavy atom.